The molecule has 1 aromatic carbocycles. The third kappa shape index (κ3) is 2.37. The normalized spacial score (nSPS) is 13.6. The number of benzene rings is 1. The van der Waals surface area contributed by atoms with Gasteiger partial charge in [-0.25, -0.2) is 4.98 Å². The van der Waals surface area contributed by atoms with Crippen LogP contribution in [0.25, 0.3) is 0 Å². The lowest BCUT2D eigenvalue weighted by Crippen LogP contribution is -2.15. The fourth-order valence-corrected chi connectivity index (χ4v) is 3.08. The van der Waals surface area contributed by atoms with Gasteiger partial charge in [0.05, 0.1) is 0 Å². The highest BCUT2D eigenvalue weighted by Crippen LogP contribution is 2.36. The maximum absolute atomic E-state index is 6.00. The average molecular weight is 281 g/mol. The molecular formula is C11H11N3O2S2. The predicted octanol–water partition coefficient (Wildman–Crippen LogP) is 2.18. The van der Waals surface area contributed by atoms with E-state index in [1.165, 1.54) is 11.5 Å². The van der Waals surface area contributed by atoms with Gasteiger partial charge in [0.25, 0.3) is 0 Å². The smallest absolute Gasteiger partial charge is 0.170 e. The van der Waals surface area contributed by atoms with Crippen molar-refractivity contribution in [3.05, 3.63) is 24.0 Å². The number of nitrogens with two attached hydrogens (primary N) is 1. The Morgan fingerprint density at radius 1 is 1.28 bits per heavy atom. The molecule has 1 aliphatic heterocycles. The second-order valence-electron chi connectivity index (χ2n) is 3.69. The number of fused-ring (bicyclic) bond motifs is 1. The van der Waals surface area contributed by atoms with E-state index in [1.807, 2.05) is 12.1 Å². The summed E-state index contributed by atoms with van der Waals surface area (Å²) in [5.41, 5.74) is 7.75. The highest BCUT2D eigenvalue weighted by atomic mass is 32.2. The zero-order chi connectivity index (χ0) is 12.4. The van der Waals surface area contributed by atoms with Gasteiger partial charge in [-0.2, -0.15) is 4.37 Å². The van der Waals surface area contributed by atoms with Gasteiger partial charge >= 0.3 is 0 Å². The Bertz CT molecular complexity index is 545. The summed E-state index contributed by atoms with van der Waals surface area (Å²) >= 11 is 3.00. The molecule has 0 aliphatic carbocycles. The zero-order valence-electron chi connectivity index (χ0n) is 9.46. The van der Waals surface area contributed by atoms with Crippen LogP contribution in [0.2, 0.25) is 0 Å². The first-order valence-electron chi connectivity index (χ1n) is 5.40. The Morgan fingerprint density at radius 3 is 2.78 bits per heavy atom. The molecule has 0 atom stereocenters. The van der Waals surface area contributed by atoms with E-state index in [1.54, 1.807) is 18.1 Å². The van der Waals surface area contributed by atoms with E-state index in [0.29, 0.717) is 13.2 Å². The first-order valence-corrected chi connectivity index (χ1v) is 7.16. The molecule has 94 valence electrons. The van der Waals surface area contributed by atoms with Gasteiger partial charge in [-0.15, -0.1) is 0 Å². The van der Waals surface area contributed by atoms with Crippen molar-refractivity contribution in [1.82, 2.24) is 9.36 Å². The summed E-state index contributed by atoms with van der Waals surface area (Å²) in [4.78, 5) is 4.12. The summed E-state index contributed by atoms with van der Waals surface area (Å²) in [7, 11) is 0. The number of hydrogen-bond donors (Lipinski definition) is 1. The summed E-state index contributed by atoms with van der Waals surface area (Å²) in [6.07, 6.45) is 1.56. The standard InChI is InChI=1S/C11H11N3O2S2/c12-8-4-10-9(15-1-2-16-10)3-7(8)5-17-11-13-6-14-18-11/h3-4,6H,1-2,5,12H2. The number of nitrogen functional groups attached to an aromatic ring is 1. The highest BCUT2D eigenvalue weighted by Gasteiger charge is 2.14. The van der Waals surface area contributed by atoms with Crippen molar-refractivity contribution in [2.45, 2.75) is 10.1 Å². The Morgan fingerprint density at radius 2 is 2.06 bits per heavy atom. The van der Waals surface area contributed by atoms with Crippen LogP contribution in [0, 0.1) is 0 Å². The fraction of sp³-hybridized carbons (Fsp3) is 0.273. The molecule has 0 bridgehead atoms. The third-order valence-electron chi connectivity index (χ3n) is 2.50. The van der Waals surface area contributed by atoms with Crippen LogP contribution in [0.1, 0.15) is 5.56 Å². The second-order valence-corrected chi connectivity index (χ2v) is 5.69. The molecule has 0 saturated carbocycles. The molecule has 0 unspecified atom stereocenters. The largest absolute Gasteiger partial charge is 0.486 e. The number of thioether (sulfide) groups is 1. The Balaban J connectivity index is 1.79. The van der Waals surface area contributed by atoms with E-state index >= 15 is 0 Å². The molecule has 3 rings (SSSR count). The quantitative estimate of drug-likeness (QED) is 0.687. The SMILES string of the molecule is Nc1cc2c(cc1CSc1ncns1)OCCO2. The lowest BCUT2D eigenvalue weighted by atomic mass is 10.2. The van der Waals surface area contributed by atoms with Crippen LogP contribution in [-0.4, -0.2) is 22.6 Å². The fourth-order valence-electron chi connectivity index (χ4n) is 1.64. The number of ether oxygens (including phenoxy) is 2. The minimum atomic E-state index is 0.575. The molecule has 0 radical (unpaired) electrons. The molecule has 1 aromatic heterocycles. The zero-order valence-corrected chi connectivity index (χ0v) is 11.1. The molecule has 2 N–H and O–H groups in total. The van der Waals surface area contributed by atoms with Gasteiger partial charge in [0.2, 0.25) is 0 Å². The second kappa shape index (κ2) is 5.03. The number of hydrogen-bond acceptors (Lipinski definition) is 7. The molecular weight excluding hydrogens is 270 g/mol. The first-order chi connectivity index (χ1) is 8.83. The third-order valence-corrected chi connectivity index (χ3v) is 4.34. The number of nitrogens with zero attached hydrogens (tertiary/aromatic N) is 2. The Kier molecular flexibility index (Phi) is 3.24. The van der Waals surface area contributed by atoms with E-state index in [9.17, 15) is 0 Å². The van der Waals surface area contributed by atoms with Gasteiger partial charge in [-0.1, -0.05) is 11.8 Å². The van der Waals surface area contributed by atoms with Crippen molar-refractivity contribution < 1.29 is 9.47 Å². The molecule has 1 aliphatic rings. The van der Waals surface area contributed by atoms with E-state index < -0.39 is 0 Å². The van der Waals surface area contributed by atoms with Gasteiger partial charge in [0, 0.05) is 17.5 Å². The molecule has 0 fully saturated rings. The van der Waals surface area contributed by atoms with Crippen molar-refractivity contribution in [3.63, 3.8) is 0 Å². The van der Waals surface area contributed by atoms with E-state index in [0.717, 1.165) is 32.8 Å². The minimum absolute atomic E-state index is 0.575. The topological polar surface area (TPSA) is 70.3 Å². The van der Waals surface area contributed by atoms with Gasteiger partial charge in [0.15, 0.2) is 15.8 Å². The monoisotopic (exact) mass is 281 g/mol. The molecule has 7 heteroatoms. The van der Waals surface area contributed by atoms with Gasteiger partial charge in [-0.05, 0) is 23.2 Å². The maximum Gasteiger partial charge on any atom is 0.170 e. The summed E-state index contributed by atoms with van der Waals surface area (Å²) in [5.74, 6) is 2.24. The lowest BCUT2D eigenvalue weighted by Gasteiger charge is -2.20. The van der Waals surface area contributed by atoms with Crippen LogP contribution >= 0.6 is 23.3 Å². The van der Waals surface area contributed by atoms with Crippen molar-refractivity contribution in [2.75, 3.05) is 18.9 Å². The summed E-state index contributed by atoms with van der Waals surface area (Å²) in [5, 5.41) is 0. The van der Waals surface area contributed by atoms with Crippen molar-refractivity contribution in [2.24, 2.45) is 0 Å². The number of rotatable bonds is 3. The van der Waals surface area contributed by atoms with Crippen LogP contribution in [0.3, 0.4) is 0 Å². The minimum Gasteiger partial charge on any atom is -0.486 e. The van der Waals surface area contributed by atoms with Crippen LogP contribution in [0.5, 0.6) is 11.5 Å². The van der Waals surface area contributed by atoms with Gasteiger partial charge in [-0.3, -0.25) is 0 Å². The van der Waals surface area contributed by atoms with E-state index in [4.69, 9.17) is 15.2 Å². The molecule has 0 amide bonds. The molecule has 18 heavy (non-hydrogen) atoms. The van der Waals surface area contributed by atoms with Crippen LogP contribution in [0.15, 0.2) is 22.8 Å². The molecule has 0 spiro atoms. The van der Waals surface area contributed by atoms with E-state index in [2.05, 4.69) is 9.36 Å². The highest BCUT2D eigenvalue weighted by molar-refractivity contribution is 8.00. The molecule has 5 nitrogen and oxygen atoms in total. The van der Waals surface area contributed by atoms with Crippen molar-refractivity contribution in [1.29, 1.82) is 0 Å². The molecule has 2 heterocycles. The Hall–Kier alpha value is -1.47. The lowest BCUT2D eigenvalue weighted by molar-refractivity contribution is 0.171. The Labute approximate surface area is 112 Å². The van der Waals surface area contributed by atoms with Crippen LogP contribution in [0.4, 0.5) is 5.69 Å². The van der Waals surface area contributed by atoms with Crippen LogP contribution < -0.4 is 15.2 Å². The van der Waals surface area contributed by atoms with Crippen molar-refractivity contribution >= 4 is 29.0 Å². The maximum atomic E-state index is 6.00. The molecule has 2 aromatic rings. The van der Waals surface area contributed by atoms with Crippen molar-refractivity contribution in [3.8, 4) is 11.5 Å². The number of anilines is 1. The number of aromatic nitrogens is 2. The van der Waals surface area contributed by atoms with Gasteiger partial charge < -0.3 is 15.2 Å². The average Bonchev–Trinajstić information content (AvgIpc) is 2.89. The van der Waals surface area contributed by atoms with Crippen LogP contribution in [-0.2, 0) is 5.75 Å². The van der Waals surface area contributed by atoms with E-state index in [-0.39, 0.29) is 0 Å². The first kappa shape index (κ1) is 11.6. The van der Waals surface area contributed by atoms with Gasteiger partial charge in [0.1, 0.15) is 19.5 Å². The predicted molar refractivity (Wildman–Crippen MR) is 71.3 cm³/mol. The summed E-state index contributed by atoms with van der Waals surface area (Å²) in [6.45, 7) is 1.16. The molecule has 0 saturated heterocycles. The summed E-state index contributed by atoms with van der Waals surface area (Å²) < 4.78 is 15.9. The summed E-state index contributed by atoms with van der Waals surface area (Å²) in [6, 6.07) is 3.77.